The molecular weight excluding hydrogens is 352 g/mol. The van der Waals surface area contributed by atoms with Crippen molar-refractivity contribution in [3.63, 3.8) is 0 Å². The quantitative estimate of drug-likeness (QED) is 0.634. The van der Waals surface area contributed by atoms with E-state index in [2.05, 4.69) is 10.1 Å². The Hall–Kier alpha value is -3.01. The van der Waals surface area contributed by atoms with E-state index in [4.69, 9.17) is 5.11 Å². The number of anilines is 2. The summed E-state index contributed by atoms with van der Waals surface area (Å²) in [6.45, 7) is 0.596. The van der Waals surface area contributed by atoms with E-state index in [1.165, 1.54) is 4.90 Å². The largest absolute Gasteiger partial charge is 0.466 e. The van der Waals surface area contributed by atoms with Gasteiger partial charge in [0.25, 0.3) is 5.91 Å². The highest BCUT2D eigenvalue weighted by Crippen LogP contribution is 2.29. The molecule has 2 amide bonds. The number of methoxy groups -OCH3 is 1. The van der Waals surface area contributed by atoms with Crippen molar-refractivity contribution in [1.82, 2.24) is 4.90 Å². The number of esters is 1. The highest BCUT2D eigenvalue weighted by atomic mass is 19.1. The van der Waals surface area contributed by atoms with Crippen LogP contribution in [0.1, 0.15) is 6.92 Å². The summed E-state index contributed by atoms with van der Waals surface area (Å²) in [5.41, 5.74) is -1.30. The number of amides is 2. The minimum absolute atomic E-state index is 0.0342. The zero-order valence-corrected chi connectivity index (χ0v) is 14.1. The number of carbonyl (C=O) groups is 3. The van der Waals surface area contributed by atoms with E-state index in [0.717, 1.165) is 26.2 Å². The Morgan fingerprint density at radius 2 is 2.04 bits per heavy atom. The maximum Gasteiger partial charge on any atom is 0.337 e. The molecular formula is C16H17F2N3O5. The van der Waals surface area contributed by atoms with Crippen molar-refractivity contribution in [2.45, 2.75) is 6.92 Å². The van der Waals surface area contributed by atoms with Gasteiger partial charge in [-0.15, -0.1) is 0 Å². The summed E-state index contributed by atoms with van der Waals surface area (Å²) in [6, 6.07) is 1.93. The van der Waals surface area contributed by atoms with Crippen LogP contribution in [0.4, 0.5) is 20.2 Å². The first-order chi connectivity index (χ1) is 12.3. The highest BCUT2D eigenvalue weighted by Gasteiger charge is 2.35. The molecule has 10 heteroatoms. The van der Waals surface area contributed by atoms with Crippen LogP contribution in [0.3, 0.4) is 0 Å². The number of rotatable bonds is 6. The molecule has 0 aliphatic carbocycles. The normalized spacial score (nSPS) is 13.9. The highest BCUT2D eigenvalue weighted by molar-refractivity contribution is 6.08. The average molecular weight is 369 g/mol. The molecule has 0 fully saturated rings. The predicted molar refractivity (Wildman–Crippen MR) is 87.0 cm³/mol. The van der Waals surface area contributed by atoms with Crippen LogP contribution in [-0.2, 0) is 19.1 Å². The molecule has 0 bridgehead atoms. The van der Waals surface area contributed by atoms with Gasteiger partial charge in [-0.25, -0.2) is 13.6 Å². The van der Waals surface area contributed by atoms with Crippen LogP contribution in [0.15, 0.2) is 23.4 Å². The summed E-state index contributed by atoms with van der Waals surface area (Å²) < 4.78 is 32.9. The molecule has 0 saturated heterocycles. The third kappa shape index (κ3) is 3.80. The van der Waals surface area contributed by atoms with Gasteiger partial charge in [-0.2, -0.15) is 0 Å². The van der Waals surface area contributed by atoms with Crippen LogP contribution in [0.25, 0.3) is 0 Å². The number of ether oxygens (including phenoxy) is 1. The van der Waals surface area contributed by atoms with Crippen molar-refractivity contribution in [3.05, 3.63) is 35.0 Å². The fraction of sp³-hybridized carbons (Fsp3) is 0.312. The summed E-state index contributed by atoms with van der Waals surface area (Å²) in [5, 5.41) is 13.5. The van der Waals surface area contributed by atoms with Crippen molar-refractivity contribution in [3.8, 4) is 0 Å². The van der Waals surface area contributed by atoms with Gasteiger partial charge in [0.05, 0.1) is 31.5 Å². The minimum atomic E-state index is -1.13. The summed E-state index contributed by atoms with van der Waals surface area (Å²) >= 11 is 0. The molecule has 1 heterocycles. The van der Waals surface area contributed by atoms with Crippen molar-refractivity contribution in [2.75, 3.05) is 37.4 Å². The second-order valence-corrected chi connectivity index (χ2v) is 5.39. The van der Waals surface area contributed by atoms with Gasteiger partial charge >= 0.3 is 5.97 Å². The van der Waals surface area contributed by atoms with E-state index in [1.54, 1.807) is 0 Å². The Morgan fingerprint density at radius 1 is 1.35 bits per heavy atom. The third-order valence-electron chi connectivity index (χ3n) is 3.61. The number of halogens is 2. The average Bonchev–Trinajstić information content (AvgIpc) is 2.90. The maximum atomic E-state index is 14.5. The van der Waals surface area contributed by atoms with Crippen molar-refractivity contribution < 1.29 is 33.0 Å². The smallest absolute Gasteiger partial charge is 0.337 e. The number of hydrogen-bond acceptors (Lipinski definition) is 6. The molecule has 2 rings (SSSR count). The topological polar surface area (TPSA) is 108 Å². The Morgan fingerprint density at radius 3 is 2.62 bits per heavy atom. The molecule has 140 valence electrons. The van der Waals surface area contributed by atoms with E-state index in [0.29, 0.717) is 0 Å². The number of hydrogen-bond donors (Lipinski definition) is 3. The molecule has 0 atom stereocenters. The first-order valence-corrected chi connectivity index (χ1v) is 7.54. The Labute approximate surface area is 147 Å². The predicted octanol–water partition coefficient (Wildman–Crippen LogP) is 0.597. The van der Waals surface area contributed by atoms with Crippen molar-refractivity contribution in [2.24, 2.45) is 0 Å². The van der Waals surface area contributed by atoms with Gasteiger partial charge in [-0.05, 0) is 12.1 Å². The zero-order chi connectivity index (χ0) is 19.4. The van der Waals surface area contributed by atoms with Gasteiger partial charge < -0.3 is 25.4 Å². The van der Waals surface area contributed by atoms with E-state index >= 15 is 0 Å². The SMILES string of the molecule is COC(=O)C1=C(Nc2ccc(F)c(NC(C)=O)c2F)C(=O)N(CCO)C1. The standard InChI is InChI=1S/C16H17F2N3O5/c1-8(23)19-14-10(17)3-4-11(12(14)18)20-13-9(16(25)26-2)7-21(5-6-22)15(13)24/h3-4,20,22H,5-7H2,1-2H3,(H,19,23). The van der Waals surface area contributed by atoms with E-state index in [-0.39, 0.29) is 36.7 Å². The number of nitrogens with zero attached hydrogens (tertiary/aromatic N) is 1. The lowest BCUT2D eigenvalue weighted by Gasteiger charge is -2.15. The van der Waals surface area contributed by atoms with Gasteiger partial charge in [-0.3, -0.25) is 9.59 Å². The number of β-amino-alcohol motifs (C(OH)–C–C–N with tert-alkyl or cyclic N) is 1. The number of aliphatic hydroxyl groups is 1. The van der Waals surface area contributed by atoms with Crippen LogP contribution in [-0.4, -0.2) is 54.6 Å². The number of carbonyl (C=O) groups excluding carboxylic acids is 3. The Balaban J connectivity index is 2.42. The van der Waals surface area contributed by atoms with Gasteiger partial charge in [0.1, 0.15) is 17.2 Å². The van der Waals surface area contributed by atoms with Gasteiger partial charge in [0.15, 0.2) is 5.82 Å². The summed E-state index contributed by atoms with van der Waals surface area (Å²) in [6.07, 6.45) is 0. The molecule has 26 heavy (non-hydrogen) atoms. The summed E-state index contributed by atoms with van der Waals surface area (Å²) in [5.74, 6) is -4.26. The first kappa shape index (κ1) is 19.3. The molecule has 0 aromatic heterocycles. The molecule has 8 nitrogen and oxygen atoms in total. The Bertz CT molecular complexity index is 794. The van der Waals surface area contributed by atoms with Crippen LogP contribution >= 0.6 is 0 Å². The lowest BCUT2D eigenvalue weighted by molar-refractivity contribution is -0.136. The van der Waals surface area contributed by atoms with Gasteiger partial charge in [0.2, 0.25) is 5.91 Å². The van der Waals surface area contributed by atoms with Crippen LogP contribution in [0, 0.1) is 11.6 Å². The third-order valence-corrected chi connectivity index (χ3v) is 3.61. The Kier molecular flexibility index (Phi) is 5.88. The molecule has 3 N–H and O–H groups in total. The molecule has 1 aliphatic rings. The second kappa shape index (κ2) is 7.91. The second-order valence-electron chi connectivity index (χ2n) is 5.39. The fourth-order valence-electron chi connectivity index (χ4n) is 2.42. The first-order valence-electron chi connectivity index (χ1n) is 7.54. The lowest BCUT2D eigenvalue weighted by atomic mass is 10.2. The molecule has 1 aromatic rings. The molecule has 0 radical (unpaired) electrons. The fourth-order valence-corrected chi connectivity index (χ4v) is 2.42. The van der Waals surface area contributed by atoms with Crippen molar-refractivity contribution in [1.29, 1.82) is 0 Å². The monoisotopic (exact) mass is 369 g/mol. The summed E-state index contributed by atoms with van der Waals surface area (Å²) in [4.78, 5) is 36.6. The minimum Gasteiger partial charge on any atom is -0.466 e. The van der Waals surface area contributed by atoms with Crippen LogP contribution in [0.2, 0.25) is 0 Å². The van der Waals surface area contributed by atoms with Crippen LogP contribution in [0.5, 0.6) is 0 Å². The van der Waals surface area contributed by atoms with Crippen LogP contribution < -0.4 is 10.6 Å². The molecule has 0 unspecified atom stereocenters. The number of aliphatic hydroxyl groups excluding tert-OH is 1. The summed E-state index contributed by atoms with van der Waals surface area (Å²) in [7, 11) is 1.12. The zero-order valence-electron chi connectivity index (χ0n) is 14.1. The van der Waals surface area contributed by atoms with E-state index in [9.17, 15) is 23.2 Å². The molecule has 0 spiro atoms. The molecule has 1 aromatic carbocycles. The maximum absolute atomic E-state index is 14.5. The van der Waals surface area contributed by atoms with Gasteiger partial charge in [-0.1, -0.05) is 0 Å². The van der Waals surface area contributed by atoms with E-state index in [1.807, 2.05) is 5.32 Å². The number of benzene rings is 1. The lowest BCUT2D eigenvalue weighted by Crippen LogP contribution is -2.31. The van der Waals surface area contributed by atoms with Crippen molar-refractivity contribution >= 4 is 29.2 Å². The van der Waals surface area contributed by atoms with E-state index < -0.39 is 35.1 Å². The van der Waals surface area contributed by atoms with Gasteiger partial charge in [0, 0.05) is 13.5 Å². The molecule has 1 aliphatic heterocycles. The number of nitrogens with one attached hydrogen (secondary N) is 2. The molecule has 0 saturated carbocycles.